The third-order valence-corrected chi connectivity index (χ3v) is 7.27. The first kappa shape index (κ1) is 21.1. The fourth-order valence-corrected chi connectivity index (χ4v) is 5.47. The van der Waals surface area contributed by atoms with Crippen molar-refractivity contribution in [2.45, 2.75) is 45.1 Å². The van der Waals surface area contributed by atoms with Crippen LogP contribution in [0, 0.1) is 0 Å². The number of aliphatic hydroxyl groups is 1. The van der Waals surface area contributed by atoms with Gasteiger partial charge in [-0.05, 0) is 58.7 Å². The Kier molecular flexibility index (Phi) is 5.05. The van der Waals surface area contributed by atoms with Crippen LogP contribution < -0.4 is 15.5 Å². The maximum absolute atomic E-state index is 11.4. The minimum Gasteiger partial charge on any atom is -0.381 e. The molecule has 0 saturated carbocycles. The van der Waals surface area contributed by atoms with Crippen LogP contribution in [0.3, 0.4) is 0 Å². The molecule has 0 radical (unpaired) electrons. The molecule has 0 amide bonds. The Morgan fingerprint density at radius 1 is 1.06 bits per heavy atom. The summed E-state index contributed by atoms with van der Waals surface area (Å²) in [4.78, 5) is 6.50. The van der Waals surface area contributed by atoms with Crippen LogP contribution in [0.15, 0.2) is 72.9 Å². The molecular weight excluding hydrogens is 420 g/mol. The van der Waals surface area contributed by atoms with E-state index in [2.05, 4.69) is 95.0 Å². The Morgan fingerprint density at radius 2 is 1.97 bits per heavy atom. The lowest BCUT2D eigenvalue weighted by atomic mass is 9.79. The first-order valence-corrected chi connectivity index (χ1v) is 12.0. The number of hydrogen-bond acceptors (Lipinski definition) is 5. The number of anilines is 2. The molecule has 6 rings (SSSR count). The van der Waals surface area contributed by atoms with Crippen LogP contribution in [-0.4, -0.2) is 16.6 Å². The van der Waals surface area contributed by atoms with E-state index >= 15 is 0 Å². The molecule has 5 heteroatoms. The topological polar surface area (TPSA) is 60.4 Å². The summed E-state index contributed by atoms with van der Waals surface area (Å²) in [5.41, 5.74) is 9.21. The highest BCUT2D eigenvalue weighted by Gasteiger charge is 2.33. The van der Waals surface area contributed by atoms with Gasteiger partial charge in [0, 0.05) is 60.1 Å². The Balaban J connectivity index is 1.25. The Labute approximate surface area is 200 Å². The van der Waals surface area contributed by atoms with Gasteiger partial charge in [0.25, 0.3) is 0 Å². The molecule has 34 heavy (non-hydrogen) atoms. The normalized spacial score (nSPS) is 18.6. The number of aromatic nitrogens is 1. The van der Waals surface area contributed by atoms with Crippen molar-refractivity contribution in [3.8, 4) is 0 Å². The number of nitrogens with one attached hydrogen (secondary N) is 2. The predicted octanol–water partition coefficient (Wildman–Crippen LogP) is 5.24. The summed E-state index contributed by atoms with van der Waals surface area (Å²) < 4.78 is 0. The summed E-state index contributed by atoms with van der Waals surface area (Å²) in [6.45, 7) is 7.80. The lowest BCUT2D eigenvalue weighted by Gasteiger charge is -2.34. The standard InChI is InChI=1S/C29H30N4O/c1-29(2)18-30-16-22-14-23(9-10-24(22)29)33-17-21-5-3-7-26(27(21)28(33)34)32-15-19-8-11-25-20(13-19)6-4-12-31-25/h3-14,28,30,32,34H,15-18H2,1-2H3. The van der Waals surface area contributed by atoms with E-state index < -0.39 is 6.23 Å². The molecular formula is C29H30N4O. The molecule has 0 aliphatic carbocycles. The van der Waals surface area contributed by atoms with Crippen LogP contribution >= 0.6 is 0 Å². The smallest absolute Gasteiger partial charge is 0.155 e. The van der Waals surface area contributed by atoms with Gasteiger partial charge in [-0.25, -0.2) is 0 Å². The molecule has 3 heterocycles. The first-order valence-electron chi connectivity index (χ1n) is 12.0. The molecule has 3 aromatic carbocycles. The van der Waals surface area contributed by atoms with Gasteiger partial charge in [0.15, 0.2) is 6.23 Å². The van der Waals surface area contributed by atoms with Crippen molar-refractivity contribution in [3.63, 3.8) is 0 Å². The maximum Gasteiger partial charge on any atom is 0.155 e. The van der Waals surface area contributed by atoms with E-state index in [1.54, 1.807) is 0 Å². The van der Waals surface area contributed by atoms with Crippen molar-refractivity contribution < 1.29 is 5.11 Å². The van der Waals surface area contributed by atoms with E-state index in [4.69, 9.17) is 0 Å². The summed E-state index contributed by atoms with van der Waals surface area (Å²) >= 11 is 0. The molecule has 3 N–H and O–H groups in total. The maximum atomic E-state index is 11.4. The number of pyridine rings is 1. The number of benzene rings is 3. The van der Waals surface area contributed by atoms with Crippen LogP contribution in [0.1, 0.15) is 47.9 Å². The number of fused-ring (bicyclic) bond motifs is 3. The van der Waals surface area contributed by atoms with Crippen molar-refractivity contribution in [3.05, 3.63) is 101 Å². The molecule has 5 nitrogen and oxygen atoms in total. The second-order valence-electron chi connectivity index (χ2n) is 10.1. The van der Waals surface area contributed by atoms with E-state index in [1.165, 1.54) is 16.7 Å². The second-order valence-corrected chi connectivity index (χ2v) is 10.1. The molecule has 4 aromatic rings. The summed E-state index contributed by atoms with van der Waals surface area (Å²) in [6.07, 6.45) is 1.14. The highest BCUT2D eigenvalue weighted by molar-refractivity contribution is 5.79. The zero-order valence-electron chi connectivity index (χ0n) is 19.7. The van der Waals surface area contributed by atoms with Crippen molar-refractivity contribution in [1.82, 2.24) is 10.3 Å². The fourth-order valence-electron chi connectivity index (χ4n) is 5.47. The monoisotopic (exact) mass is 450 g/mol. The van der Waals surface area contributed by atoms with Gasteiger partial charge in [0.1, 0.15) is 0 Å². The number of nitrogens with zero attached hydrogens (tertiary/aromatic N) is 2. The third-order valence-electron chi connectivity index (χ3n) is 7.27. The van der Waals surface area contributed by atoms with Crippen molar-refractivity contribution in [2.75, 3.05) is 16.8 Å². The lowest BCUT2D eigenvalue weighted by Crippen LogP contribution is -2.38. The summed E-state index contributed by atoms with van der Waals surface area (Å²) in [5, 5.41) is 19.6. The quantitative estimate of drug-likeness (QED) is 0.397. The van der Waals surface area contributed by atoms with E-state index in [1.807, 2.05) is 12.3 Å². The summed E-state index contributed by atoms with van der Waals surface area (Å²) in [7, 11) is 0. The van der Waals surface area contributed by atoms with Gasteiger partial charge >= 0.3 is 0 Å². The number of aliphatic hydroxyl groups excluding tert-OH is 1. The molecule has 0 fully saturated rings. The second kappa shape index (κ2) is 8.12. The van der Waals surface area contributed by atoms with E-state index in [-0.39, 0.29) is 5.41 Å². The Hall–Kier alpha value is -3.41. The van der Waals surface area contributed by atoms with Crippen molar-refractivity contribution >= 4 is 22.3 Å². The van der Waals surface area contributed by atoms with Gasteiger partial charge in [-0.15, -0.1) is 0 Å². The molecule has 1 aromatic heterocycles. The molecule has 172 valence electrons. The molecule has 1 atom stereocenters. The highest BCUT2D eigenvalue weighted by Crippen LogP contribution is 2.41. The van der Waals surface area contributed by atoms with Crippen LogP contribution in [-0.2, 0) is 25.0 Å². The highest BCUT2D eigenvalue weighted by atomic mass is 16.3. The average molecular weight is 451 g/mol. The largest absolute Gasteiger partial charge is 0.381 e. The molecule has 0 spiro atoms. The molecule has 1 unspecified atom stereocenters. The van der Waals surface area contributed by atoms with Crippen LogP contribution in [0.5, 0.6) is 0 Å². The number of hydrogen-bond donors (Lipinski definition) is 3. The molecule has 0 bridgehead atoms. The predicted molar refractivity (Wildman–Crippen MR) is 138 cm³/mol. The van der Waals surface area contributed by atoms with Crippen LogP contribution in [0.4, 0.5) is 11.4 Å². The fraction of sp³-hybridized carbons (Fsp3) is 0.276. The molecule has 2 aliphatic rings. The number of rotatable bonds is 4. The zero-order valence-corrected chi connectivity index (χ0v) is 19.7. The van der Waals surface area contributed by atoms with Crippen molar-refractivity contribution in [2.24, 2.45) is 0 Å². The summed E-state index contributed by atoms with van der Waals surface area (Å²) in [6, 6.07) is 23.3. The van der Waals surface area contributed by atoms with Crippen LogP contribution in [0.25, 0.3) is 10.9 Å². The van der Waals surface area contributed by atoms with Gasteiger partial charge in [-0.3, -0.25) is 4.98 Å². The van der Waals surface area contributed by atoms with E-state index in [9.17, 15) is 5.11 Å². The van der Waals surface area contributed by atoms with Gasteiger partial charge in [-0.2, -0.15) is 0 Å². The van der Waals surface area contributed by atoms with Crippen LogP contribution in [0.2, 0.25) is 0 Å². The van der Waals surface area contributed by atoms with Gasteiger partial charge in [-0.1, -0.05) is 44.2 Å². The van der Waals surface area contributed by atoms with E-state index in [0.717, 1.165) is 46.5 Å². The first-order chi connectivity index (χ1) is 16.5. The zero-order chi connectivity index (χ0) is 23.3. The minimum absolute atomic E-state index is 0.120. The Morgan fingerprint density at radius 3 is 2.88 bits per heavy atom. The van der Waals surface area contributed by atoms with Gasteiger partial charge < -0.3 is 20.6 Å². The van der Waals surface area contributed by atoms with Gasteiger partial charge in [0.2, 0.25) is 0 Å². The molecule has 2 aliphatic heterocycles. The third kappa shape index (κ3) is 3.61. The Bertz CT molecular complexity index is 1380. The lowest BCUT2D eigenvalue weighted by molar-refractivity contribution is 0.182. The van der Waals surface area contributed by atoms with Crippen molar-refractivity contribution in [1.29, 1.82) is 0 Å². The molecule has 0 saturated heterocycles. The van der Waals surface area contributed by atoms with E-state index in [0.29, 0.717) is 13.1 Å². The minimum atomic E-state index is -0.679. The SMILES string of the molecule is CC1(C)CNCc2cc(N3Cc4cccc(NCc5ccc6ncccc6c5)c4C3O)ccc21. The summed E-state index contributed by atoms with van der Waals surface area (Å²) in [5.74, 6) is 0. The van der Waals surface area contributed by atoms with Gasteiger partial charge in [0.05, 0.1) is 5.52 Å². The average Bonchev–Trinajstić information content (AvgIpc) is 3.19.